The van der Waals surface area contributed by atoms with E-state index in [1.54, 1.807) is 6.07 Å². The quantitative estimate of drug-likeness (QED) is 0.315. The Morgan fingerprint density at radius 2 is 1.88 bits per heavy atom. The first-order valence-electron chi connectivity index (χ1n) is 10.4. The Morgan fingerprint density at radius 3 is 2.44 bits per heavy atom. The van der Waals surface area contributed by atoms with E-state index >= 15 is 4.39 Å². The molecule has 0 aliphatic heterocycles. The molecule has 10 heteroatoms. The molecule has 0 aromatic carbocycles. The van der Waals surface area contributed by atoms with E-state index in [-0.39, 0.29) is 40.6 Å². The number of pyridine rings is 1. The van der Waals surface area contributed by atoms with Crippen LogP contribution in [0.15, 0.2) is 30.4 Å². The van der Waals surface area contributed by atoms with Crippen LogP contribution in [0.5, 0.6) is 0 Å². The van der Waals surface area contributed by atoms with Crippen molar-refractivity contribution >= 4 is 22.7 Å². The lowest BCUT2D eigenvalue weighted by molar-refractivity contribution is 0.0566. The van der Waals surface area contributed by atoms with Crippen molar-refractivity contribution in [2.45, 2.75) is 58.2 Å². The lowest BCUT2D eigenvalue weighted by Gasteiger charge is -2.30. The van der Waals surface area contributed by atoms with Gasteiger partial charge in [0.15, 0.2) is 0 Å². The van der Waals surface area contributed by atoms with Gasteiger partial charge in [0.1, 0.15) is 11.4 Å². The summed E-state index contributed by atoms with van der Waals surface area (Å²) in [5.41, 5.74) is -0.128. The Hall–Kier alpha value is -3.17. The van der Waals surface area contributed by atoms with E-state index in [0.29, 0.717) is 28.8 Å². The molecule has 4 N–H and O–H groups in total. The zero-order chi connectivity index (χ0) is 23.5. The third kappa shape index (κ3) is 5.17. The molecule has 32 heavy (non-hydrogen) atoms. The molecule has 0 spiro atoms. The van der Waals surface area contributed by atoms with Crippen LogP contribution in [0.3, 0.4) is 0 Å². The number of aliphatic hydroxyl groups excluding tert-OH is 1. The number of aromatic nitrogens is 3. The van der Waals surface area contributed by atoms with Crippen molar-refractivity contribution in [3.63, 3.8) is 0 Å². The second kappa shape index (κ2) is 9.54. The zero-order valence-electron chi connectivity index (χ0n) is 18.1. The van der Waals surface area contributed by atoms with Crippen LogP contribution in [0, 0.1) is 10.8 Å². The number of allylic oxidation sites excluding steroid dienone is 2. The highest BCUT2D eigenvalue weighted by Gasteiger charge is 2.32. The van der Waals surface area contributed by atoms with Gasteiger partial charge in [-0.1, -0.05) is 19.3 Å². The Balaban J connectivity index is 1.99. The molecule has 0 bridgehead atoms. The minimum Gasteiger partial charge on any atom is -0.512 e. The summed E-state index contributed by atoms with van der Waals surface area (Å²) in [6.07, 6.45) is 7.06. The number of alkyl halides is 3. The van der Waals surface area contributed by atoms with Crippen LogP contribution < -0.4 is 5.32 Å². The second-order valence-corrected chi connectivity index (χ2v) is 8.13. The number of halogens is 3. The van der Waals surface area contributed by atoms with Crippen molar-refractivity contribution in [3.05, 3.63) is 47.2 Å². The average Bonchev–Trinajstić information content (AvgIpc) is 3.23. The molecule has 0 radical (unpaired) electrons. The summed E-state index contributed by atoms with van der Waals surface area (Å²) in [5, 5.41) is 33.1. The maximum atomic E-state index is 15.2. The Morgan fingerprint density at radius 1 is 1.19 bits per heavy atom. The summed E-state index contributed by atoms with van der Waals surface area (Å²) in [4.78, 5) is 4.31. The Labute approximate surface area is 184 Å². The first-order valence-corrected chi connectivity index (χ1v) is 10.4. The molecular formula is C22H27F3N6O. The molecule has 3 rings (SSSR count). The maximum Gasteiger partial charge on any atom is 0.333 e. The van der Waals surface area contributed by atoms with Gasteiger partial charge in [-0.05, 0) is 32.8 Å². The normalized spacial score (nSPS) is 16.6. The van der Waals surface area contributed by atoms with E-state index in [9.17, 15) is 13.9 Å². The average molecular weight is 448 g/mol. The van der Waals surface area contributed by atoms with Crippen molar-refractivity contribution in [1.29, 1.82) is 10.8 Å². The van der Waals surface area contributed by atoms with Gasteiger partial charge in [-0.25, -0.2) is 9.07 Å². The van der Waals surface area contributed by atoms with E-state index < -0.39 is 12.2 Å². The van der Waals surface area contributed by atoms with Gasteiger partial charge in [-0.3, -0.25) is 10.4 Å². The van der Waals surface area contributed by atoms with Crippen molar-refractivity contribution in [3.8, 4) is 0 Å². The van der Waals surface area contributed by atoms with E-state index in [2.05, 4.69) is 15.4 Å². The number of anilines is 1. The molecule has 2 aromatic rings. The third-order valence-corrected chi connectivity index (χ3v) is 5.59. The molecule has 1 fully saturated rings. The topological polar surface area (TPSA) is 111 Å². The summed E-state index contributed by atoms with van der Waals surface area (Å²) in [6.45, 7) is 0.150. The van der Waals surface area contributed by atoms with Gasteiger partial charge >= 0.3 is 6.55 Å². The molecule has 172 valence electrons. The van der Waals surface area contributed by atoms with Crippen molar-refractivity contribution in [2.24, 2.45) is 0 Å². The predicted octanol–water partition coefficient (Wildman–Crippen LogP) is 5.50. The van der Waals surface area contributed by atoms with Crippen LogP contribution in [0.2, 0.25) is 0 Å². The van der Waals surface area contributed by atoms with Crippen LogP contribution in [0.4, 0.5) is 18.9 Å². The van der Waals surface area contributed by atoms with Crippen LogP contribution in [0.25, 0.3) is 5.57 Å². The first kappa shape index (κ1) is 23.5. The second-order valence-electron chi connectivity index (χ2n) is 8.13. The largest absolute Gasteiger partial charge is 0.512 e. The summed E-state index contributed by atoms with van der Waals surface area (Å²) < 4.78 is 41.4. The molecule has 0 amide bonds. The van der Waals surface area contributed by atoms with E-state index in [1.807, 2.05) is 0 Å². The smallest absolute Gasteiger partial charge is 0.333 e. The Bertz CT molecular complexity index is 1040. The predicted molar refractivity (Wildman–Crippen MR) is 118 cm³/mol. The van der Waals surface area contributed by atoms with Crippen LogP contribution in [-0.4, -0.2) is 43.5 Å². The van der Waals surface area contributed by atoms with Crippen LogP contribution >= 0.6 is 0 Å². The fourth-order valence-electron chi connectivity index (χ4n) is 3.96. The molecule has 1 saturated carbocycles. The van der Waals surface area contributed by atoms with E-state index in [4.69, 9.17) is 10.8 Å². The van der Waals surface area contributed by atoms with E-state index in [1.165, 1.54) is 20.0 Å². The van der Waals surface area contributed by atoms with Gasteiger partial charge < -0.3 is 15.8 Å². The maximum absolute atomic E-state index is 15.2. The summed E-state index contributed by atoms with van der Waals surface area (Å²) in [5.74, 6) is -0.0690. The molecule has 2 aromatic heterocycles. The number of hydrogen-bond acceptors (Lipinski definition) is 6. The first-order chi connectivity index (χ1) is 15.1. The molecule has 1 aliphatic carbocycles. The third-order valence-electron chi connectivity index (χ3n) is 5.59. The number of hydrogen-bond donors (Lipinski definition) is 4. The Kier molecular flexibility index (Phi) is 7.00. The van der Waals surface area contributed by atoms with Crippen LogP contribution in [-0.2, 0) is 0 Å². The molecule has 0 saturated heterocycles. The highest BCUT2D eigenvalue weighted by molar-refractivity contribution is 6.22. The zero-order valence-corrected chi connectivity index (χ0v) is 18.1. The number of nitrogens with one attached hydrogen (secondary N) is 3. The highest BCUT2D eigenvalue weighted by atomic mass is 19.3. The summed E-state index contributed by atoms with van der Waals surface area (Å²) in [7, 11) is 0. The van der Waals surface area contributed by atoms with Gasteiger partial charge in [0.05, 0.1) is 23.4 Å². The highest BCUT2D eigenvalue weighted by Crippen LogP contribution is 2.33. The molecule has 1 aliphatic rings. The molecular weight excluding hydrogens is 421 g/mol. The van der Waals surface area contributed by atoms with Crippen molar-refractivity contribution in [1.82, 2.24) is 14.8 Å². The van der Waals surface area contributed by atoms with Crippen LogP contribution in [0.1, 0.15) is 69.3 Å². The molecule has 7 nitrogen and oxygen atoms in total. The minimum atomic E-state index is -2.84. The van der Waals surface area contributed by atoms with Gasteiger partial charge in [0.25, 0.3) is 0 Å². The van der Waals surface area contributed by atoms with Crippen molar-refractivity contribution < 1.29 is 18.3 Å². The number of aliphatic hydroxyl groups is 1. The standard InChI is InChI=1S/C22H27F3N6O/c1-13(26)18(14(2)32)15-8-17(29-12-22(25)6-4-3-5-7-22)20(28-9-15)19(27)16-10-30-31(11-16)21(23)24/h8-11,21,26-27,29,32H,3-7,12H2,1-2H3/b18-14+,26-13?,27-19?. The fraction of sp³-hybridized carbons (Fsp3) is 0.455. The number of nitrogens with zero attached hydrogens (tertiary/aromatic N) is 3. The minimum absolute atomic E-state index is 0.00936. The number of rotatable bonds is 8. The van der Waals surface area contributed by atoms with E-state index in [0.717, 1.165) is 31.7 Å². The van der Waals surface area contributed by atoms with Gasteiger partial charge in [-0.15, -0.1) is 0 Å². The summed E-state index contributed by atoms with van der Waals surface area (Å²) >= 11 is 0. The molecule has 2 heterocycles. The SMILES string of the molecule is CC(=N)/C(=C(/C)O)c1cnc(C(=N)c2cnn(C(F)F)c2)c(NCC2(F)CCCCC2)c1. The van der Waals surface area contributed by atoms with Gasteiger partial charge in [0.2, 0.25) is 0 Å². The molecule has 0 atom stereocenters. The lowest BCUT2D eigenvalue weighted by atomic mass is 9.86. The lowest BCUT2D eigenvalue weighted by Crippen LogP contribution is -2.34. The van der Waals surface area contributed by atoms with Gasteiger partial charge in [-0.2, -0.15) is 13.9 Å². The fourth-order valence-corrected chi connectivity index (χ4v) is 3.96. The molecule has 0 unspecified atom stereocenters. The monoisotopic (exact) mass is 448 g/mol. The van der Waals surface area contributed by atoms with Gasteiger partial charge in [0, 0.05) is 41.4 Å². The summed E-state index contributed by atoms with van der Waals surface area (Å²) in [6, 6.07) is 1.59. The van der Waals surface area contributed by atoms with Crippen molar-refractivity contribution in [2.75, 3.05) is 11.9 Å².